The molecule has 0 aromatic heterocycles. The zero-order chi connectivity index (χ0) is 20.6. The van der Waals surface area contributed by atoms with Crippen molar-refractivity contribution in [2.75, 3.05) is 0 Å². The van der Waals surface area contributed by atoms with Crippen LogP contribution in [0.4, 0.5) is 0 Å². The third-order valence-corrected chi connectivity index (χ3v) is 4.75. The van der Waals surface area contributed by atoms with Crippen LogP contribution in [-0.4, -0.2) is 20.9 Å². The maximum atomic E-state index is 9.89. The van der Waals surface area contributed by atoms with Gasteiger partial charge in [-0.05, 0) is 79.1 Å². The highest BCUT2D eigenvalue weighted by molar-refractivity contribution is 5.66. The lowest BCUT2D eigenvalue weighted by atomic mass is 9.98. The van der Waals surface area contributed by atoms with Crippen LogP contribution in [0, 0.1) is 0 Å². The van der Waals surface area contributed by atoms with E-state index in [9.17, 15) is 15.3 Å². The molecule has 28 heavy (non-hydrogen) atoms. The number of aliphatic hydroxyl groups excluding tert-OH is 2. The van der Waals surface area contributed by atoms with Crippen molar-refractivity contribution in [2.45, 2.75) is 65.5 Å². The summed E-state index contributed by atoms with van der Waals surface area (Å²) in [6.45, 7) is 5.99. The lowest BCUT2D eigenvalue weighted by Crippen LogP contribution is -2.17. The van der Waals surface area contributed by atoms with E-state index in [2.05, 4.69) is 19.1 Å². The van der Waals surface area contributed by atoms with Crippen LogP contribution in [0.2, 0.25) is 0 Å². The average molecular weight is 385 g/mol. The molecule has 0 fully saturated rings. The Morgan fingerprint density at radius 2 is 1.79 bits per heavy atom. The van der Waals surface area contributed by atoms with Crippen molar-refractivity contribution in [2.24, 2.45) is 0 Å². The van der Waals surface area contributed by atoms with Gasteiger partial charge in [0.05, 0.1) is 18.8 Å². The van der Waals surface area contributed by atoms with Crippen molar-refractivity contribution in [3.05, 3.63) is 70.8 Å². The summed E-state index contributed by atoms with van der Waals surface area (Å²) in [5.41, 5.74) is 4.12. The van der Waals surface area contributed by atoms with Gasteiger partial charge in [-0.1, -0.05) is 37.3 Å². The van der Waals surface area contributed by atoms with Gasteiger partial charge in [0.25, 0.3) is 0 Å². The molecule has 0 heterocycles. The van der Waals surface area contributed by atoms with Gasteiger partial charge in [-0.25, -0.2) is 0 Å². The topological polar surface area (TPSA) is 69.9 Å². The van der Waals surface area contributed by atoms with Gasteiger partial charge < -0.3 is 20.1 Å². The van der Waals surface area contributed by atoms with E-state index in [0.717, 1.165) is 47.3 Å². The molecule has 0 aliphatic heterocycles. The van der Waals surface area contributed by atoms with Gasteiger partial charge >= 0.3 is 0 Å². The van der Waals surface area contributed by atoms with E-state index in [0.29, 0.717) is 6.61 Å². The first-order valence-electron chi connectivity index (χ1n) is 9.83. The van der Waals surface area contributed by atoms with Crippen LogP contribution >= 0.6 is 0 Å². The Hall–Kier alpha value is -2.14. The molecule has 0 amide bonds. The fourth-order valence-electron chi connectivity index (χ4n) is 3.09. The molecule has 0 atom stereocenters. The summed E-state index contributed by atoms with van der Waals surface area (Å²) in [4.78, 5) is 0. The Kier molecular flexibility index (Phi) is 8.24. The van der Waals surface area contributed by atoms with Crippen LogP contribution in [0.3, 0.4) is 0 Å². The summed E-state index contributed by atoms with van der Waals surface area (Å²) >= 11 is 0. The summed E-state index contributed by atoms with van der Waals surface area (Å²) in [7, 11) is 0. The average Bonchev–Trinajstić information content (AvgIpc) is 2.68. The lowest BCUT2D eigenvalue weighted by Gasteiger charge is -2.16. The highest BCUT2D eigenvalue weighted by Crippen LogP contribution is 2.25. The van der Waals surface area contributed by atoms with Gasteiger partial charge in [-0.3, -0.25) is 0 Å². The van der Waals surface area contributed by atoms with Crippen molar-refractivity contribution in [1.29, 1.82) is 0 Å². The minimum atomic E-state index is -0.653. The standard InChI is InChI=1S/C24H32O4/c1-4-19(8-6-12-24(2,3)27)20-7-5-9-23(14-20)28-17-18-10-11-21(15-25)22(13-18)16-26/h5,7-11,13-14,25-27H,4,6,12,15-17H2,1-3H3. The molecule has 2 aromatic rings. The molecule has 2 aromatic carbocycles. The van der Waals surface area contributed by atoms with Crippen LogP contribution < -0.4 is 4.74 Å². The molecule has 4 nitrogen and oxygen atoms in total. The molecule has 0 saturated heterocycles. The maximum Gasteiger partial charge on any atom is 0.120 e. The molecular weight excluding hydrogens is 352 g/mol. The smallest absolute Gasteiger partial charge is 0.120 e. The van der Waals surface area contributed by atoms with E-state index in [-0.39, 0.29) is 13.2 Å². The summed E-state index contributed by atoms with van der Waals surface area (Å²) in [6, 6.07) is 13.6. The van der Waals surface area contributed by atoms with E-state index < -0.39 is 5.60 Å². The molecule has 4 heteroatoms. The molecule has 0 aliphatic rings. The molecule has 3 N–H and O–H groups in total. The van der Waals surface area contributed by atoms with Crippen molar-refractivity contribution in [3.8, 4) is 5.75 Å². The van der Waals surface area contributed by atoms with Crippen molar-refractivity contribution >= 4 is 5.57 Å². The van der Waals surface area contributed by atoms with E-state index in [1.807, 2.05) is 50.2 Å². The van der Waals surface area contributed by atoms with Gasteiger partial charge in [0.2, 0.25) is 0 Å². The zero-order valence-corrected chi connectivity index (χ0v) is 17.1. The molecule has 0 unspecified atom stereocenters. The number of allylic oxidation sites excluding steroid dienone is 2. The Balaban J connectivity index is 2.07. The minimum Gasteiger partial charge on any atom is -0.489 e. The minimum absolute atomic E-state index is 0.0847. The Labute approximate surface area is 168 Å². The fraction of sp³-hybridized carbons (Fsp3) is 0.417. The zero-order valence-electron chi connectivity index (χ0n) is 17.1. The number of hydrogen-bond acceptors (Lipinski definition) is 4. The van der Waals surface area contributed by atoms with Crippen LogP contribution in [0.1, 0.15) is 62.3 Å². The highest BCUT2D eigenvalue weighted by Gasteiger charge is 2.11. The van der Waals surface area contributed by atoms with Gasteiger partial charge in [0.15, 0.2) is 0 Å². The van der Waals surface area contributed by atoms with Crippen molar-refractivity contribution in [1.82, 2.24) is 0 Å². The van der Waals surface area contributed by atoms with Gasteiger partial charge in [-0.2, -0.15) is 0 Å². The molecule has 0 saturated carbocycles. The first-order chi connectivity index (χ1) is 13.4. The molecule has 152 valence electrons. The SMILES string of the molecule is CCC(=CCCC(C)(C)O)c1cccc(OCc2ccc(CO)c(CO)c2)c1. The third-order valence-electron chi connectivity index (χ3n) is 4.75. The second-order valence-corrected chi connectivity index (χ2v) is 7.67. The normalized spacial score (nSPS) is 12.3. The number of hydrogen-bond donors (Lipinski definition) is 3. The largest absolute Gasteiger partial charge is 0.489 e. The Morgan fingerprint density at radius 3 is 2.43 bits per heavy atom. The summed E-state index contributed by atoms with van der Waals surface area (Å²) in [5.74, 6) is 0.788. The van der Waals surface area contributed by atoms with Gasteiger partial charge in [-0.15, -0.1) is 0 Å². The molecule has 0 radical (unpaired) electrons. The molecule has 2 rings (SSSR count). The molecular formula is C24H32O4. The predicted octanol–water partition coefficient (Wildman–Crippen LogP) is 4.59. The monoisotopic (exact) mass is 384 g/mol. The van der Waals surface area contributed by atoms with Gasteiger partial charge in [0, 0.05) is 0 Å². The fourth-order valence-corrected chi connectivity index (χ4v) is 3.09. The number of aliphatic hydroxyl groups is 3. The van der Waals surface area contributed by atoms with E-state index in [1.54, 1.807) is 0 Å². The van der Waals surface area contributed by atoms with Crippen LogP contribution in [0.25, 0.3) is 5.57 Å². The summed E-state index contributed by atoms with van der Waals surface area (Å²) < 4.78 is 5.95. The maximum absolute atomic E-state index is 9.89. The second kappa shape index (κ2) is 10.4. The summed E-state index contributed by atoms with van der Waals surface area (Å²) in [5, 5.41) is 28.6. The molecule has 0 spiro atoms. The number of benzene rings is 2. The predicted molar refractivity (Wildman–Crippen MR) is 113 cm³/mol. The van der Waals surface area contributed by atoms with Crippen molar-refractivity contribution in [3.63, 3.8) is 0 Å². The Bertz CT molecular complexity index is 787. The van der Waals surface area contributed by atoms with Crippen LogP contribution in [0.5, 0.6) is 5.75 Å². The van der Waals surface area contributed by atoms with Crippen LogP contribution in [-0.2, 0) is 19.8 Å². The lowest BCUT2D eigenvalue weighted by molar-refractivity contribution is 0.0722. The van der Waals surface area contributed by atoms with Crippen molar-refractivity contribution < 1.29 is 20.1 Å². The number of rotatable bonds is 10. The van der Waals surface area contributed by atoms with E-state index in [1.165, 1.54) is 5.57 Å². The summed E-state index contributed by atoms with van der Waals surface area (Å²) in [6.07, 6.45) is 4.67. The van der Waals surface area contributed by atoms with Gasteiger partial charge in [0.1, 0.15) is 12.4 Å². The quantitative estimate of drug-likeness (QED) is 0.560. The third kappa shape index (κ3) is 6.79. The first-order valence-corrected chi connectivity index (χ1v) is 9.83. The first kappa shape index (κ1) is 22.2. The Morgan fingerprint density at radius 1 is 1.04 bits per heavy atom. The van der Waals surface area contributed by atoms with Crippen LogP contribution in [0.15, 0.2) is 48.5 Å². The highest BCUT2D eigenvalue weighted by atomic mass is 16.5. The molecule has 0 bridgehead atoms. The van der Waals surface area contributed by atoms with E-state index >= 15 is 0 Å². The molecule has 0 aliphatic carbocycles. The van der Waals surface area contributed by atoms with E-state index in [4.69, 9.17) is 4.74 Å². The second-order valence-electron chi connectivity index (χ2n) is 7.67. The number of ether oxygens (including phenoxy) is 1.